The molecule has 1 aromatic carbocycles. The first-order valence-electron chi connectivity index (χ1n) is 5.54. The molecular weight excluding hydrogens is 285 g/mol. The standard InChI is InChI=1S/C13H11Cl2N3O/c1-16-6-9-3-2-4-10(5-9)8-18-13(19)12(15)11(14)7-17-18/h2-7H,8H2,1H3. The molecule has 0 N–H and O–H groups in total. The summed E-state index contributed by atoms with van der Waals surface area (Å²) < 4.78 is 1.27. The van der Waals surface area contributed by atoms with Crippen molar-refractivity contribution >= 4 is 29.4 Å². The minimum Gasteiger partial charge on any atom is -0.296 e. The summed E-state index contributed by atoms with van der Waals surface area (Å²) in [6, 6.07) is 7.67. The van der Waals surface area contributed by atoms with Crippen LogP contribution in [0.3, 0.4) is 0 Å². The lowest BCUT2D eigenvalue weighted by Gasteiger charge is -2.06. The second-order valence-corrected chi connectivity index (χ2v) is 4.69. The first-order chi connectivity index (χ1) is 9.11. The molecule has 6 heteroatoms. The number of hydrogen-bond donors (Lipinski definition) is 0. The van der Waals surface area contributed by atoms with E-state index in [-0.39, 0.29) is 10.0 Å². The van der Waals surface area contributed by atoms with E-state index in [0.29, 0.717) is 6.54 Å². The molecule has 0 unspecified atom stereocenters. The minimum absolute atomic E-state index is 0.0112. The highest BCUT2D eigenvalue weighted by atomic mass is 35.5. The Morgan fingerprint density at radius 1 is 1.42 bits per heavy atom. The summed E-state index contributed by atoms with van der Waals surface area (Å²) in [5, 5.41) is 4.11. The predicted molar refractivity (Wildman–Crippen MR) is 77.6 cm³/mol. The van der Waals surface area contributed by atoms with Gasteiger partial charge in [-0.1, -0.05) is 41.4 Å². The number of aliphatic imine (C=N–C) groups is 1. The fourth-order valence-corrected chi connectivity index (χ4v) is 1.92. The fraction of sp³-hybridized carbons (Fsp3) is 0.154. The summed E-state index contributed by atoms with van der Waals surface area (Å²) in [5.41, 5.74) is 1.50. The summed E-state index contributed by atoms with van der Waals surface area (Å²) in [6.45, 7) is 0.334. The summed E-state index contributed by atoms with van der Waals surface area (Å²) in [7, 11) is 1.71. The minimum atomic E-state index is -0.399. The highest BCUT2D eigenvalue weighted by molar-refractivity contribution is 6.41. The van der Waals surface area contributed by atoms with Crippen LogP contribution in [-0.2, 0) is 6.54 Å². The molecule has 0 spiro atoms. The molecule has 0 saturated carbocycles. The Morgan fingerprint density at radius 3 is 2.95 bits per heavy atom. The highest BCUT2D eigenvalue weighted by Crippen LogP contribution is 2.15. The van der Waals surface area contributed by atoms with Gasteiger partial charge in [0.15, 0.2) is 0 Å². The van der Waals surface area contributed by atoms with E-state index in [0.717, 1.165) is 11.1 Å². The van der Waals surface area contributed by atoms with Crippen LogP contribution in [0.15, 0.2) is 40.2 Å². The third-order valence-corrected chi connectivity index (χ3v) is 3.25. The van der Waals surface area contributed by atoms with E-state index in [1.165, 1.54) is 10.9 Å². The average molecular weight is 296 g/mol. The zero-order valence-electron chi connectivity index (χ0n) is 10.2. The quantitative estimate of drug-likeness (QED) is 0.817. The average Bonchev–Trinajstić information content (AvgIpc) is 2.40. The van der Waals surface area contributed by atoms with Gasteiger partial charge in [0.2, 0.25) is 0 Å². The molecule has 0 aliphatic heterocycles. The number of rotatable bonds is 3. The molecular formula is C13H11Cl2N3O. The summed E-state index contributed by atoms with van der Waals surface area (Å²) in [4.78, 5) is 15.8. The molecule has 98 valence electrons. The van der Waals surface area contributed by atoms with Gasteiger partial charge in [-0.25, -0.2) is 4.68 Å². The van der Waals surface area contributed by atoms with Crippen LogP contribution in [0, 0.1) is 0 Å². The molecule has 1 heterocycles. The number of nitrogens with zero attached hydrogens (tertiary/aromatic N) is 3. The molecule has 0 atom stereocenters. The molecule has 4 nitrogen and oxygen atoms in total. The first-order valence-corrected chi connectivity index (χ1v) is 6.29. The van der Waals surface area contributed by atoms with Crippen LogP contribution < -0.4 is 5.56 Å². The maximum Gasteiger partial charge on any atom is 0.287 e. The van der Waals surface area contributed by atoms with E-state index in [1.807, 2.05) is 24.3 Å². The molecule has 0 bridgehead atoms. The van der Waals surface area contributed by atoms with Gasteiger partial charge in [0.05, 0.1) is 17.8 Å². The van der Waals surface area contributed by atoms with Crippen molar-refractivity contribution in [1.29, 1.82) is 0 Å². The molecule has 2 aromatic rings. The predicted octanol–water partition coefficient (Wildman–Crippen LogP) is 2.65. The van der Waals surface area contributed by atoms with Crippen molar-refractivity contribution in [3.63, 3.8) is 0 Å². The number of aromatic nitrogens is 2. The van der Waals surface area contributed by atoms with Crippen molar-refractivity contribution in [2.75, 3.05) is 7.05 Å². The van der Waals surface area contributed by atoms with Crippen LogP contribution in [0.25, 0.3) is 0 Å². The van der Waals surface area contributed by atoms with Crippen molar-refractivity contribution in [1.82, 2.24) is 9.78 Å². The Kier molecular flexibility index (Phi) is 4.35. The van der Waals surface area contributed by atoms with Crippen LogP contribution in [-0.4, -0.2) is 23.0 Å². The second kappa shape index (κ2) is 5.99. The third-order valence-electron chi connectivity index (χ3n) is 2.50. The third kappa shape index (κ3) is 3.22. The number of hydrogen-bond acceptors (Lipinski definition) is 3. The van der Waals surface area contributed by atoms with Crippen molar-refractivity contribution in [2.24, 2.45) is 4.99 Å². The van der Waals surface area contributed by atoms with Gasteiger partial charge in [-0.15, -0.1) is 0 Å². The molecule has 19 heavy (non-hydrogen) atoms. The first kappa shape index (κ1) is 13.8. The van der Waals surface area contributed by atoms with Crippen molar-refractivity contribution in [2.45, 2.75) is 6.54 Å². The molecule has 0 radical (unpaired) electrons. The molecule has 0 aliphatic carbocycles. The van der Waals surface area contributed by atoms with Crippen LogP contribution in [0.2, 0.25) is 10.0 Å². The van der Waals surface area contributed by atoms with Gasteiger partial charge in [-0.3, -0.25) is 9.79 Å². The van der Waals surface area contributed by atoms with Gasteiger partial charge in [-0.2, -0.15) is 5.10 Å². The van der Waals surface area contributed by atoms with Gasteiger partial charge < -0.3 is 0 Å². The van der Waals surface area contributed by atoms with E-state index in [2.05, 4.69) is 10.1 Å². The van der Waals surface area contributed by atoms with Crippen LogP contribution in [0.4, 0.5) is 0 Å². The number of halogens is 2. The maximum absolute atomic E-state index is 11.9. The van der Waals surface area contributed by atoms with Crippen LogP contribution >= 0.6 is 23.2 Å². The van der Waals surface area contributed by atoms with Crippen molar-refractivity contribution in [3.8, 4) is 0 Å². The monoisotopic (exact) mass is 295 g/mol. The maximum atomic E-state index is 11.9. The zero-order chi connectivity index (χ0) is 13.8. The summed E-state index contributed by atoms with van der Waals surface area (Å²) in [6.07, 6.45) is 3.11. The molecule has 0 saturated heterocycles. The highest BCUT2D eigenvalue weighted by Gasteiger charge is 2.07. The molecule has 2 rings (SSSR count). The Hall–Kier alpha value is -1.65. The largest absolute Gasteiger partial charge is 0.296 e. The van der Waals surface area contributed by atoms with E-state index in [4.69, 9.17) is 23.2 Å². The van der Waals surface area contributed by atoms with Crippen LogP contribution in [0.1, 0.15) is 11.1 Å². The van der Waals surface area contributed by atoms with Gasteiger partial charge in [0.1, 0.15) is 5.02 Å². The molecule has 0 fully saturated rings. The van der Waals surface area contributed by atoms with Crippen molar-refractivity contribution < 1.29 is 0 Å². The van der Waals surface area contributed by atoms with E-state index in [1.54, 1.807) is 13.3 Å². The van der Waals surface area contributed by atoms with Gasteiger partial charge in [-0.05, 0) is 17.2 Å². The normalized spacial score (nSPS) is 11.1. The molecule has 1 aromatic heterocycles. The SMILES string of the molecule is CN=Cc1cccc(Cn2ncc(Cl)c(Cl)c2=O)c1. The van der Waals surface area contributed by atoms with Gasteiger partial charge in [0, 0.05) is 13.3 Å². The molecule has 0 amide bonds. The Morgan fingerprint density at radius 2 is 2.21 bits per heavy atom. The zero-order valence-corrected chi connectivity index (χ0v) is 11.7. The summed E-state index contributed by atoms with van der Waals surface area (Å²) in [5.74, 6) is 0. The summed E-state index contributed by atoms with van der Waals surface area (Å²) >= 11 is 11.5. The lowest BCUT2D eigenvalue weighted by atomic mass is 10.1. The lowest BCUT2D eigenvalue weighted by Crippen LogP contribution is -2.23. The van der Waals surface area contributed by atoms with E-state index >= 15 is 0 Å². The second-order valence-electron chi connectivity index (χ2n) is 3.90. The topological polar surface area (TPSA) is 47.2 Å². The van der Waals surface area contributed by atoms with Gasteiger partial charge >= 0.3 is 0 Å². The van der Waals surface area contributed by atoms with Gasteiger partial charge in [0.25, 0.3) is 5.56 Å². The Balaban J connectivity index is 2.34. The fourth-order valence-electron chi connectivity index (χ4n) is 1.65. The van der Waals surface area contributed by atoms with Crippen molar-refractivity contribution in [3.05, 3.63) is 62.0 Å². The van der Waals surface area contributed by atoms with E-state index in [9.17, 15) is 4.79 Å². The Labute approximate surface area is 120 Å². The smallest absolute Gasteiger partial charge is 0.287 e. The lowest BCUT2D eigenvalue weighted by molar-refractivity contribution is 0.639. The molecule has 0 aliphatic rings. The van der Waals surface area contributed by atoms with Crippen LogP contribution in [0.5, 0.6) is 0 Å². The Bertz CT molecular complexity index is 680. The number of benzene rings is 1. The van der Waals surface area contributed by atoms with E-state index < -0.39 is 5.56 Å².